The van der Waals surface area contributed by atoms with Gasteiger partial charge in [-0.2, -0.15) is 0 Å². The van der Waals surface area contributed by atoms with Crippen LogP contribution in [0.5, 0.6) is 17.2 Å². The number of phenols is 2. The largest absolute Gasteiger partial charge is 0.508 e. The van der Waals surface area contributed by atoms with E-state index in [1.165, 1.54) is 37.3 Å². The molecule has 1 aliphatic rings. The maximum absolute atomic E-state index is 12.8. The van der Waals surface area contributed by atoms with Crippen molar-refractivity contribution in [1.29, 1.82) is 0 Å². The minimum absolute atomic E-state index is 0.114. The second-order valence-corrected chi connectivity index (χ2v) is 7.09. The van der Waals surface area contributed by atoms with Crippen molar-refractivity contribution in [2.24, 2.45) is 0 Å². The number of benzene rings is 2. The summed E-state index contributed by atoms with van der Waals surface area (Å²) in [6.45, 7) is 3.86. The maximum Gasteiger partial charge on any atom is 0.204 e. The number of ether oxygens (including phenoxy) is 1. The van der Waals surface area contributed by atoms with Gasteiger partial charge in [-0.25, -0.2) is 0 Å². The molecule has 3 aromatic rings. The smallest absolute Gasteiger partial charge is 0.204 e. The van der Waals surface area contributed by atoms with E-state index in [9.17, 15) is 15.0 Å². The summed E-state index contributed by atoms with van der Waals surface area (Å²) in [5, 5.41) is 19.9. The van der Waals surface area contributed by atoms with Crippen LogP contribution in [0.15, 0.2) is 51.9 Å². The number of hydrogen-bond acceptors (Lipinski definition) is 6. The molecular formula is C22H23NO5. The molecule has 2 aromatic carbocycles. The van der Waals surface area contributed by atoms with Gasteiger partial charge in [-0.1, -0.05) is 12.1 Å². The lowest BCUT2D eigenvalue weighted by Crippen LogP contribution is -2.21. The summed E-state index contributed by atoms with van der Waals surface area (Å²) < 4.78 is 11.4. The molecule has 0 spiro atoms. The Morgan fingerprint density at radius 1 is 1.07 bits per heavy atom. The highest BCUT2D eigenvalue weighted by atomic mass is 16.5. The topological polar surface area (TPSA) is 83.1 Å². The Morgan fingerprint density at radius 3 is 2.57 bits per heavy atom. The molecule has 146 valence electrons. The van der Waals surface area contributed by atoms with Gasteiger partial charge in [0.2, 0.25) is 5.43 Å². The van der Waals surface area contributed by atoms with Crippen molar-refractivity contribution < 1.29 is 19.4 Å². The Balaban J connectivity index is 1.53. The van der Waals surface area contributed by atoms with Crippen molar-refractivity contribution in [3.05, 3.63) is 52.9 Å². The first kappa shape index (κ1) is 18.4. The molecule has 1 aromatic heterocycles. The Kier molecular flexibility index (Phi) is 5.21. The molecule has 6 heteroatoms. The third-order valence-corrected chi connectivity index (χ3v) is 5.09. The molecule has 6 nitrogen and oxygen atoms in total. The summed E-state index contributed by atoms with van der Waals surface area (Å²) in [6, 6.07) is 9.34. The van der Waals surface area contributed by atoms with E-state index in [0.29, 0.717) is 23.5 Å². The molecule has 0 saturated carbocycles. The first-order valence-corrected chi connectivity index (χ1v) is 9.55. The quantitative estimate of drug-likeness (QED) is 0.633. The standard InChI is InChI=1S/C22H23NO5/c24-16-6-4-15(5-7-16)18-14-28-20-13-17(12-19(25)21(20)22(18)26)27-11-3-10-23-8-1-2-9-23/h4-7,12-14,24-25H,1-3,8-11H2. The number of hydrogen-bond donors (Lipinski definition) is 2. The minimum atomic E-state index is -0.329. The highest BCUT2D eigenvalue weighted by Gasteiger charge is 2.15. The Morgan fingerprint density at radius 2 is 1.82 bits per heavy atom. The van der Waals surface area contributed by atoms with E-state index in [2.05, 4.69) is 4.90 Å². The van der Waals surface area contributed by atoms with Crippen LogP contribution in [0.4, 0.5) is 0 Å². The second-order valence-electron chi connectivity index (χ2n) is 7.09. The number of fused-ring (bicyclic) bond motifs is 1. The van der Waals surface area contributed by atoms with Crippen LogP contribution in [-0.2, 0) is 0 Å². The molecule has 0 unspecified atom stereocenters. The molecule has 4 rings (SSSR count). The number of likely N-dealkylation sites (tertiary alicyclic amines) is 1. The third kappa shape index (κ3) is 3.82. The Bertz CT molecular complexity index is 1020. The molecular weight excluding hydrogens is 358 g/mol. The van der Waals surface area contributed by atoms with Crippen molar-refractivity contribution >= 4 is 11.0 Å². The number of rotatable bonds is 6. The van der Waals surface area contributed by atoms with Gasteiger partial charge in [0.05, 0.1) is 12.2 Å². The monoisotopic (exact) mass is 381 g/mol. The summed E-state index contributed by atoms with van der Waals surface area (Å²) in [6.07, 6.45) is 4.81. The molecule has 2 N–H and O–H groups in total. The van der Waals surface area contributed by atoms with E-state index >= 15 is 0 Å². The lowest BCUT2D eigenvalue weighted by molar-refractivity contribution is 0.262. The van der Waals surface area contributed by atoms with Crippen LogP contribution in [-0.4, -0.2) is 41.4 Å². The van der Waals surface area contributed by atoms with Crippen LogP contribution in [0.25, 0.3) is 22.1 Å². The lowest BCUT2D eigenvalue weighted by Gasteiger charge is -2.14. The van der Waals surface area contributed by atoms with E-state index in [1.54, 1.807) is 18.2 Å². The van der Waals surface area contributed by atoms with Gasteiger partial charge in [0.15, 0.2) is 0 Å². The average Bonchev–Trinajstić information content (AvgIpc) is 3.20. The number of nitrogens with zero attached hydrogens (tertiary/aromatic N) is 1. The first-order valence-electron chi connectivity index (χ1n) is 9.55. The zero-order chi connectivity index (χ0) is 19.5. The molecule has 2 heterocycles. The minimum Gasteiger partial charge on any atom is -0.508 e. The van der Waals surface area contributed by atoms with Gasteiger partial charge in [0, 0.05) is 18.7 Å². The fourth-order valence-electron chi connectivity index (χ4n) is 3.62. The van der Waals surface area contributed by atoms with Crippen LogP contribution in [0.3, 0.4) is 0 Å². The van der Waals surface area contributed by atoms with Crippen LogP contribution < -0.4 is 10.2 Å². The van der Waals surface area contributed by atoms with E-state index in [0.717, 1.165) is 26.1 Å². The normalized spacial score (nSPS) is 14.6. The molecule has 0 aliphatic carbocycles. The van der Waals surface area contributed by atoms with E-state index in [-0.39, 0.29) is 27.9 Å². The first-order chi connectivity index (χ1) is 13.6. The van der Waals surface area contributed by atoms with Gasteiger partial charge < -0.3 is 24.3 Å². The second kappa shape index (κ2) is 7.94. The third-order valence-electron chi connectivity index (χ3n) is 5.09. The average molecular weight is 381 g/mol. The van der Waals surface area contributed by atoms with Crippen molar-refractivity contribution in [3.8, 4) is 28.4 Å². The van der Waals surface area contributed by atoms with Gasteiger partial charge in [-0.05, 0) is 50.0 Å². The predicted octanol–water partition coefficient (Wildman–Crippen LogP) is 3.74. The highest BCUT2D eigenvalue weighted by molar-refractivity contribution is 5.88. The van der Waals surface area contributed by atoms with Crippen LogP contribution in [0.1, 0.15) is 19.3 Å². The maximum atomic E-state index is 12.8. The van der Waals surface area contributed by atoms with Crippen LogP contribution >= 0.6 is 0 Å². The van der Waals surface area contributed by atoms with Gasteiger partial charge in [0.25, 0.3) is 0 Å². The summed E-state index contributed by atoms with van der Waals surface area (Å²) in [5.41, 5.74) is 0.879. The number of aromatic hydroxyl groups is 2. The van der Waals surface area contributed by atoms with Crippen LogP contribution in [0, 0.1) is 0 Å². The zero-order valence-corrected chi connectivity index (χ0v) is 15.6. The molecule has 0 radical (unpaired) electrons. The Hall–Kier alpha value is -2.99. The van der Waals surface area contributed by atoms with Crippen molar-refractivity contribution in [1.82, 2.24) is 4.90 Å². The summed E-state index contributed by atoms with van der Waals surface area (Å²) in [5.74, 6) is 0.427. The highest BCUT2D eigenvalue weighted by Crippen LogP contribution is 2.30. The fourth-order valence-corrected chi connectivity index (χ4v) is 3.62. The van der Waals surface area contributed by atoms with E-state index < -0.39 is 0 Å². The van der Waals surface area contributed by atoms with Crippen LogP contribution in [0.2, 0.25) is 0 Å². The van der Waals surface area contributed by atoms with E-state index in [4.69, 9.17) is 9.15 Å². The van der Waals surface area contributed by atoms with Gasteiger partial charge in [-0.3, -0.25) is 4.79 Å². The molecule has 1 saturated heterocycles. The molecule has 0 bridgehead atoms. The molecule has 0 amide bonds. The summed E-state index contributed by atoms with van der Waals surface area (Å²) >= 11 is 0. The molecule has 0 atom stereocenters. The SMILES string of the molecule is O=c1c(-c2ccc(O)cc2)coc2cc(OCCCN3CCCC3)cc(O)c12. The zero-order valence-electron chi connectivity index (χ0n) is 15.6. The lowest BCUT2D eigenvalue weighted by atomic mass is 10.0. The van der Waals surface area contributed by atoms with Gasteiger partial charge in [0.1, 0.15) is 34.5 Å². The molecule has 1 fully saturated rings. The fraction of sp³-hybridized carbons (Fsp3) is 0.318. The predicted molar refractivity (Wildman–Crippen MR) is 107 cm³/mol. The molecule has 28 heavy (non-hydrogen) atoms. The van der Waals surface area contributed by atoms with Crippen molar-refractivity contribution in [3.63, 3.8) is 0 Å². The van der Waals surface area contributed by atoms with Crippen molar-refractivity contribution in [2.75, 3.05) is 26.2 Å². The van der Waals surface area contributed by atoms with Crippen molar-refractivity contribution in [2.45, 2.75) is 19.3 Å². The number of phenolic OH excluding ortho intramolecular Hbond substituents is 2. The Labute approximate surface area is 162 Å². The van der Waals surface area contributed by atoms with Gasteiger partial charge in [-0.15, -0.1) is 0 Å². The summed E-state index contributed by atoms with van der Waals surface area (Å²) in [4.78, 5) is 15.2. The van der Waals surface area contributed by atoms with E-state index in [1.807, 2.05) is 0 Å². The van der Waals surface area contributed by atoms with Gasteiger partial charge >= 0.3 is 0 Å². The molecule has 1 aliphatic heterocycles. The summed E-state index contributed by atoms with van der Waals surface area (Å²) in [7, 11) is 0.